The fourth-order valence-electron chi connectivity index (χ4n) is 2.46. The molecule has 6 nitrogen and oxygen atoms in total. The Labute approximate surface area is 134 Å². The number of rotatable bonds is 3. The lowest BCUT2D eigenvalue weighted by Crippen LogP contribution is -2.48. The second-order valence-electron chi connectivity index (χ2n) is 4.94. The van der Waals surface area contributed by atoms with E-state index in [2.05, 4.69) is 22.6 Å². The molecule has 0 bridgehead atoms. The Kier molecular flexibility index (Phi) is 4.81. The average Bonchev–Trinajstić information content (AvgIpc) is 2.46. The maximum atomic E-state index is 12.3. The predicted octanol–water partition coefficient (Wildman–Crippen LogP) is 1.54. The van der Waals surface area contributed by atoms with Crippen molar-refractivity contribution in [1.82, 2.24) is 4.90 Å². The van der Waals surface area contributed by atoms with Crippen LogP contribution in [0.5, 0.6) is 0 Å². The number of piperidine rings is 1. The lowest BCUT2D eigenvalue weighted by atomic mass is 9.85. The molecule has 0 aromatic heterocycles. The first-order valence-electron chi connectivity index (χ1n) is 6.40. The maximum Gasteiger partial charge on any atom is 0.309 e. The highest BCUT2D eigenvalue weighted by Gasteiger charge is 2.40. The Morgan fingerprint density at radius 1 is 1.05 bits per heavy atom. The van der Waals surface area contributed by atoms with Gasteiger partial charge in [-0.3, -0.25) is 14.4 Å². The first kappa shape index (κ1) is 15.7. The minimum atomic E-state index is -1.18. The molecule has 0 spiro atoms. The highest BCUT2D eigenvalue weighted by Crippen LogP contribution is 2.25. The molecule has 2 unspecified atom stereocenters. The summed E-state index contributed by atoms with van der Waals surface area (Å²) in [7, 11) is 0. The summed E-state index contributed by atoms with van der Waals surface area (Å²) in [5.74, 6) is -4.57. The van der Waals surface area contributed by atoms with Crippen LogP contribution in [0.15, 0.2) is 24.3 Å². The van der Waals surface area contributed by atoms with Gasteiger partial charge in [0.25, 0.3) is 5.91 Å². The molecule has 1 amide bonds. The Bertz CT molecular complexity index is 571. The summed E-state index contributed by atoms with van der Waals surface area (Å²) in [6, 6.07) is 6.96. The Balaban J connectivity index is 2.15. The number of carbonyl (C=O) groups is 3. The van der Waals surface area contributed by atoms with Crippen LogP contribution in [-0.4, -0.2) is 46.0 Å². The monoisotopic (exact) mass is 403 g/mol. The second kappa shape index (κ2) is 6.42. The summed E-state index contributed by atoms with van der Waals surface area (Å²) in [4.78, 5) is 36.1. The number of benzene rings is 1. The maximum absolute atomic E-state index is 12.3. The lowest BCUT2D eigenvalue weighted by Gasteiger charge is -2.34. The molecule has 1 saturated heterocycles. The van der Waals surface area contributed by atoms with Crippen LogP contribution in [0, 0.1) is 15.4 Å². The predicted molar refractivity (Wildman–Crippen MR) is 81.9 cm³/mol. The van der Waals surface area contributed by atoms with Crippen molar-refractivity contribution in [3.05, 3.63) is 33.4 Å². The topological polar surface area (TPSA) is 94.9 Å². The first-order chi connectivity index (χ1) is 9.90. The number of hydrogen-bond donors (Lipinski definition) is 2. The molecule has 1 fully saturated rings. The number of likely N-dealkylation sites (tertiary alicyclic amines) is 1. The van der Waals surface area contributed by atoms with E-state index in [0.29, 0.717) is 5.56 Å². The number of amides is 1. The van der Waals surface area contributed by atoms with Crippen LogP contribution in [0.25, 0.3) is 0 Å². The zero-order chi connectivity index (χ0) is 15.6. The average molecular weight is 403 g/mol. The van der Waals surface area contributed by atoms with Gasteiger partial charge in [0, 0.05) is 22.2 Å². The normalized spacial score (nSPS) is 21.9. The van der Waals surface area contributed by atoms with Gasteiger partial charge in [0.2, 0.25) is 0 Å². The highest BCUT2D eigenvalue weighted by atomic mass is 127. The van der Waals surface area contributed by atoms with Crippen LogP contribution in [0.4, 0.5) is 0 Å². The Morgan fingerprint density at radius 2 is 1.62 bits per heavy atom. The van der Waals surface area contributed by atoms with Crippen LogP contribution in [0.1, 0.15) is 16.8 Å². The largest absolute Gasteiger partial charge is 0.481 e. The Morgan fingerprint density at radius 3 is 2.14 bits per heavy atom. The van der Waals surface area contributed by atoms with Crippen LogP contribution in [0.2, 0.25) is 0 Å². The van der Waals surface area contributed by atoms with Gasteiger partial charge in [0.15, 0.2) is 0 Å². The molecule has 0 saturated carbocycles. The van der Waals surface area contributed by atoms with Gasteiger partial charge in [-0.05, 0) is 53.3 Å². The van der Waals surface area contributed by atoms with Gasteiger partial charge in [-0.15, -0.1) is 0 Å². The van der Waals surface area contributed by atoms with Gasteiger partial charge in [0.1, 0.15) is 0 Å². The van der Waals surface area contributed by atoms with Crippen molar-refractivity contribution in [2.24, 2.45) is 11.8 Å². The van der Waals surface area contributed by atoms with Crippen molar-refractivity contribution in [1.29, 1.82) is 0 Å². The summed E-state index contributed by atoms with van der Waals surface area (Å²) in [6.07, 6.45) is 0.155. The van der Waals surface area contributed by atoms with E-state index in [1.54, 1.807) is 24.3 Å². The van der Waals surface area contributed by atoms with Crippen LogP contribution in [-0.2, 0) is 9.59 Å². The number of carbonyl (C=O) groups excluding carboxylic acids is 1. The van der Waals surface area contributed by atoms with Gasteiger partial charge in [-0.25, -0.2) is 0 Å². The van der Waals surface area contributed by atoms with Gasteiger partial charge in [-0.2, -0.15) is 0 Å². The van der Waals surface area contributed by atoms with Gasteiger partial charge in [0.05, 0.1) is 11.8 Å². The highest BCUT2D eigenvalue weighted by molar-refractivity contribution is 14.1. The third kappa shape index (κ3) is 3.52. The van der Waals surface area contributed by atoms with Crippen molar-refractivity contribution >= 4 is 40.4 Å². The van der Waals surface area contributed by atoms with E-state index in [4.69, 9.17) is 10.2 Å². The lowest BCUT2D eigenvalue weighted by molar-refractivity contribution is -0.156. The molecule has 1 aliphatic heterocycles. The first-order valence-corrected chi connectivity index (χ1v) is 7.48. The van der Waals surface area contributed by atoms with E-state index < -0.39 is 23.8 Å². The smallest absolute Gasteiger partial charge is 0.309 e. The fraction of sp³-hybridized carbons (Fsp3) is 0.357. The summed E-state index contributed by atoms with van der Waals surface area (Å²) in [5.41, 5.74) is 0.480. The summed E-state index contributed by atoms with van der Waals surface area (Å²) >= 11 is 2.13. The van der Waals surface area contributed by atoms with E-state index in [0.717, 1.165) is 3.57 Å². The van der Waals surface area contributed by atoms with E-state index >= 15 is 0 Å². The molecule has 0 aliphatic carbocycles. The minimum Gasteiger partial charge on any atom is -0.481 e. The quantitative estimate of drug-likeness (QED) is 0.747. The number of halogens is 1. The van der Waals surface area contributed by atoms with E-state index in [1.165, 1.54) is 4.90 Å². The minimum absolute atomic E-state index is 0.0723. The Hall–Kier alpha value is -1.64. The summed E-state index contributed by atoms with van der Waals surface area (Å²) in [5, 5.41) is 18.2. The third-order valence-electron chi connectivity index (χ3n) is 3.63. The second-order valence-corrected chi connectivity index (χ2v) is 6.18. The van der Waals surface area contributed by atoms with Crippen LogP contribution < -0.4 is 0 Å². The number of carboxylic acids is 2. The number of hydrogen-bond acceptors (Lipinski definition) is 3. The van der Waals surface area contributed by atoms with Gasteiger partial charge in [-0.1, -0.05) is 0 Å². The van der Waals surface area contributed by atoms with Gasteiger partial charge >= 0.3 is 11.9 Å². The SMILES string of the molecule is O=C(O)C1CCN(C(=O)c2ccc(I)cc2)CC1C(=O)O. The van der Waals surface area contributed by atoms with Gasteiger partial charge < -0.3 is 15.1 Å². The summed E-state index contributed by atoms with van der Waals surface area (Å²) in [6.45, 7) is 0.183. The molecule has 7 heteroatoms. The molecule has 2 atom stereocenters. The van der Waals surface area contributed by atoms with Crippen molar-refractivity contribution in [3.8, 4) is 0 Å². The van der Waals surface area contributed by atoms with Crippen LogP contribution in [0.3, 0.4) is 0 Å². The molecule has 1 aromatic carbocycles. The molecule has 2 N–H and O–H groups in total. The number of nitrogens with zero attached hydrogens (tertiary/aromatic N) is 1. The standard InChI is InChI=1S/C14H14INO5/c15-9-3-1-8(2-4-9)12(17)16-6-5-10(13(18)19)11(7-16)14(20)21/h1-4,10-11H,5-7H2,(H,18,19)(H,20,21). The summed E-state index contributed by atoms with van der Waals surface area (Å²) < 4.78 is 0.997. The van der Waals surface area contributed by atoms with Crippen molar-refractivity contribution in [2.45, 2.75) is 6.42 Å². The van der Waals surface area contributed by atoms with Crippen molar-refractivity contribution < 1.29 is 24.6 Å². The molecule has 0 radical (unpaired) electrons. The van der Waals surface area contributed by atoms with Crippen LogP contribution >= 0.6 is 22.6 Å². The van der Waals surface area contributed by atoms with E-state index in [1.807, 2.05) is 0 Å². The zero-order valence-corrected chi connectivity index (χ0v) is 13.2. The molecule has 2 rings (SSSR count). The fourth-order valence-corrected chi connectivity index (χ4v) is 2.82. The molecule has 112 valence electrons. The number of aliphatic carboxylic acids is 2. The van der Waals surface area contributed by atoms with E-state index in [-0.39, 0.29) is 25.4 Å². The van der Waals surface area contributed by atoms with Crippen molar-refractivity contribution in [3.63, 3.8) is 0 Å². The molecule has 1 aliphatic rings. The van der Waals surface area contributed by atoms with E-state index in [9.17, 15) is 14.4 Å². The molecule has 1 aromatic rings. The zero-order valence-electron chi connectivity index (χ0n) is 11.0. The van der Waals surface area contributed by atoms with Crippen molar-refractivity contribution in [2.75, 3.05) is 13.1 Å². The molecular weight excluding hydrogens is 389 g/mol. The molecular formula is C14H14INO5. The third-order valence-corrected chi connectivity index (χ3v) is 4.34. The molecule has 1 heterocycles. The number of carboxylic acid groups (broad SMARTS) is 2. The molecule has 21 heavy (non-hydrogen) atoms.